The van der Waals surface area contributed by atoms with Gasteiger partial charge in [0.2, 0.25) is 0 Å². The van der Waals surface area contributed by atoms with Crippen molar-refractivity contribution in [1.82, 2.24) is 19.7 Å². The molecule has 2 rings (SSSR count). The monoisotopic (exact) mass is 280 g/mol. The first-order valence-corrected chi connectivity index (χ1v) is 6.57. The largest absolute Gasteiger partial charge is 0.443 e. The maximum atomic E-state index is 12.5. The van der Waals surface area contributed by atoms with Gasteiger partial charge < -0.3 is 4.74 Å². The van der Waals surface area contributed by atoms with E-state index in [2.05, 4.69) is 10.1 Å². The third kappa shape index (κ3) is 2.52. The molecule has 110 valence electrons. The van der Waals surface area contributed by atoms with Gasteiger partial charge in [0, 0.05) is 6.54 Å². The molecule has 1 aliphatic rings. The molecule has 0 aliphatic carbocycles. The third-order valence-corrected chi connectivity index (χ3v) is 3.25. The zero-order chi connectivity index (χ0) is 15.1. The Morgan fingerprint density at radius 3 is 2.60 bits per heavy atom. The number of carbonyl (C=O) groups is 2. The number of aromatic nitrogens is 3. The van der Waals surface area contributed by atoms with Gasteiger partial charge in [-0.15, -0.1) is 0 Å². The zero-order valence-electron chi connectivity index (χ0n) is 12.5. The van der Waals surface area contributed by atoms with Gasteiger partial charge in [-0.3, -0.25) is 4.79 Å². The van der Waals surface area contributed by atoms with Crippen molar-refractivity contribution in [1.29, 1.82) is 0 Å². The Bertz CT molecular complexity index is 546. The van der Waals surface area contributed by atoms with Crippen molar-refractivity contribution in [2.45, 2.75) is 52.2 Å². The summed E-state index contributed by atoms with van der Waals surface area (Å²) in [6.07, 6.45) is 1.41. The minimum atomic E-state index is -0.877. The lowest BCUT2D eigenvalue weighted by Gasteiger charge is -2.25. The lowest BCUT2D eigenvalue weighted by Crippen LogP contribution is -2.44. The van der Waals surface area contributed by atoms with E-state index >= 15 is 0 Å². The number of hydrogen-bond donors (Lipinski definition) is 0. The number of aryl methyl sites for hydroxylation is 1. The summed E-state index contributed by atoms with van der Waals surface area (Å²) in [4.78, 5) is 29.7. The molecule has 2 heterocycles. The fourth-order valence-electron chi connectivity index (χ4n) is 2.12. The van der Waals surface area contributed by atoms with Crippen molar-refractivity contribution in [2.24, 2.45) is 0 Å². The number of amides is 2. The number of ether oxygens (including phenoxy) is 1. The second-order valence-electron chi connectivity index (χ2n) is 6.20. The first-order chi connectivity index (χ1) is 9.13. The van der Waals surface area contributed by atoms with E-state index in [1.807, 2.05) is 0 Å². The van der Waals surface area contributed by atoms with Gasteiger partial charge in [-0.05, 0) is 41.0 Å². The van der Waals surface area contributed by atoms with Crippen molar-refractivity contribution in [3.63, 3.8) is 0 Å². The van der Waals surface area contributed by atoms with Gasteiger partial charge in [-0.25, -0.2) is 19.4 Å². The lowest BCUT2D eigenvalue weighted by molar-refractivity contribution is -0.134. The summed E-state index contributed by atoms with van der Waals surface area (Å²) in [5.41, 5.74) is -1.50. The lowest BCUT2D eigenvalue weighted by atomic mass is 10.0. The molecule has 1 saturated heterocycles. The van der Waals surface area contributed by atoms with Crippen molar-refractivity contribution in [2.75, 3.05) is 6.54 Å². The SMILES string of the molecule is Cc1ncn(C2(C)CCN(C(=O)OC(C)(C)C)C2=O)n1. The maximum Gasteiger partial charge on any atom is 0.417 e. The van der Waals surface area contributed by atoms with Gasteiger partial charge in [-0.2, -0.15) is 5.10 Å². The average Bonchev–Trinajstić information content (AvgIpc) is 2.84. The predicted molar refractivity (Wildman–Crippen MR) is 71.0 cm³/mol. The number of rotatable bonds is 1. The molecule has 1 atom stereocenters. The molecule has 0 N–H and O–H groups in total. The van der Waals surface area contributed by atoms with Crippen LogP contribution < -0.4 is 0 Å². The quantitative estimate of drug-likeness (QED) is 0.778. The molecule has 1 aromatic rings. The smallest absolute Gasteiger partial charge is 0.417 e. The fraction of sp³-hybridized carbons (Fsp3) is 0.692. The second-order valence-corrected chi connectivity index (χ2v) is 6.20. The van der Waals surface area contributed by atoms with Crippen LogP contribution in [0.1, 0.15) is 39.9 Å². The molecule has 7 nitrogen and oxygen atoms in total. The van der Waals surface area contributed by atoms with Gasteiger partial charge >= 0.3 is 6.09 Å². The molecular weight excluding hydrogens is 260 g/mol. The summed E-state index contributed by atoms with van der Waals surface area (Å²) in [6.45, 7) is 9.14. The van der Waals surface area contributed by atoms with Gasteiger partial charge in [0.1, 0.15) is 23.3 Å². The number of carbonyl (C=O) groups excluding carboxylic acids is 2. The van der Waals surface area contributed by atoms with Crippen LogP contribution in [0.25, 0.3) is 0 Å². The Labute approximate surface area is 117 Å². The molecule has 0 aromatic carbocycles. The van der Waals surface area contributed by atoms with E-state index in [0.717, 1.165) is 4.90 Å². The summed E-state index contributed by atoms with van der Waals surface area (Å²) >= 11 is 0. The summed E-state index contributed by atoms with van der Waals surface area (Å²) in [6, 6.07) is 0. The van der Waals surface area contributed by atoms with Crippen LogP contribution in [0.4, 0.5) is 4.79 Å². The Morgan fingerprint density at radius 1 is 1.45 bits per heavy atom. The molecule has 20 heavy (non-hydrogen) atoms. The van der Waals surface area contributed by atoms with Crippen LogP contribution in [-0.2, 0) is 15.1 Å². The van der Waals surface area contributed by atoms with Crippen molar-refractivity contribution >= 4 is 12.0 Å². The average molecular weight is 280 g/mol. The predicted octanol–water partition coefficient (Wildman–Crippen LogP) is 1.47. The summed E-state index contributed by atoms with van der Waals surface area (Å²) < 4.78 is 6.77. The van der Waals surface area contributed by atoms with Crippen molar-refractivity contribution < 1.29 is 14.3 Å². The topological polar surface area (TPSA) is 77.3 Å². The molecule has 7 heteroatoms. The Hall–Kier alpha value is -1.92. The van der Waals surface area contributed by atoms with E-state index < -0.39 is 17.2 Å². The molecule has 1 aromatic heterocycles. The van der Waals surface area contributed by atoms with Crippen molar-refractivity contribution in [3.05, 3.63) is 12.2 Å². The Kier molecular flexibility index (Phi) is 3.31. The third-order valence-electron chi connectivity index (χ3n) is 3.25. The molecular formula is C13H20N4O3. The molecule has 0 spiro atoms. The van der Waals surface area contributed by atoms with E-state index in [9.17, 15) is 9.59 Å². The first kappa shape index (κ1) is 14.5. The van der Waals surface area contributed by atoms with Crippen LogP contribution >= 0.6 is 0 Å². The Balaban J connectivity index is 2.19. The van der Waals surface area contributed by atoms with Crippen LogP contribution in [0.2, 0.25) is 0 Å². The minimum Gasteiger partial charge on any atom is -0.443 e. The highest BCUT2D eigenvalue weighted by molar-refractivity contribution is 5.98. The molecule has 1 fully saturated rings. The van der Waals surface area contributed by atoms with E-state index in [0.29, 0.717) is 18.8 Å². The number of imide groups is 1. The van der Waals surface area contributed by atoms with E-state index in [1.54, 1.807) is 34.6 Å². The van der Waals surface area contributed by atoms with Crippen LogP contribution in [0.5, 0.6) is 0 Å². The van der Waals surface area contributed by atoms with E-state index in [4.69, 9.17) is 4.74 Å². The first-order valence-electron chi connectivity index (χ1n) is 6.57. The Morgan fingerprint density at radius 2 is 2.10 bits per heavy atom. The molecule has 2 amide bonds. The fourth-order valence-corrected chi connectivity index (χ4v) is 2.12. The molecule has 0 saturated carbocycles. The van der Waals surface area contributed by atoms with E-state index in [-0.39, 0.29) is 5.91 Å². The maximum absolute atomic E-state index is 12.5. The summed E-state index contributed by atoms with van der Waals surface area (Å²) in [7, 11) is 0. The van der Waals surface area contributed by atoms with Crippen LogP contribution in [0, 0.1) is 6.92 Å². The number of hydrogen-bond acceptors (Lipinski definition) is 5. The standard InChI is InChI=1S/C13H20N4O3/c1-9-14-8-17(15-9)13(5)6-7-16(10(13)18)11(19)20-12(2,3)4/h8H,6-7H2,1-5H3. The molecule has 1 aliphatic heterocycles. The van der Waals surface area contributed by atoms with Crippen LogP contribution in [0.15, 0.2) is 6.33 Å². The minimum absolute atomic E-state index is 0.309. The summed E-state index contributed by atoms with van der Waals surface area (Å²) in [5.74, 6) is 0.284. The van der Waals surface area contributed by atoms with Gasteiger partial charge in [0.05, 0.1) is 0 Å². The normalized spacial score (nSPS) is 23.2. The highest BCUT2D eigenvalue weighted by atomic mass is 16.6. The van der Waals surface area contributed by atoms with Crippen LogP contribution in [0.3, 0.4) is 0 Å². The van der Waals surface area contributed by atoms with Crippen LogP contribution in [-0.4, -0.2) is 43.8 Å². The van der Waals surface area contributed by atoms with Gasteiger partial charge in [0.15, 0.2) is 0 Å². The second kappa shape index (κ2) is 4.57. The number of likely N-dealkylation sites (tertiary alicyclic amines) is 1. The van der Waals surface area contributed by atoms with Gasteiger partial charge in [0.25, 0.3) is 5.91 Å². The number of nitrogens with zero attached hydrogens (tertiary/aromatic N) is 4. The highest BCUT2D eigenvalue weighted by Gasteiger charge is 2.48. The molecule has 1 unspecified atom stereocenters. The van der Waals surface area contributed by atoms with Gasteiger partial charge in [-0.1, -0.05) is 0 Å². The highest BCUT2D eigenvalue weighted by Crippen LogP contribution is 2.30. The molecule has 0 bridgehead atoms. The van der Waals surface area contributed by atoms with E-state index in [1.165, 1.54) is 11.0 Å². The zero-order valence-corrected chi connectivity index (χ0v) is 12.5. The summed E-state index contributed by atoms with van der Waals surface area (Å²) in [5, 5.41) is 4.19. The van der Waals surface area contributed by atoms with Crippen molar-refractivity contribution in [3.8, 4) is 0 Å². The molecule has 0 radical (unpaired) electrons.